The third-order valence-electron chi connectivity index (χ3n) is 13.5. The van der Waals surface area contributed by atoms with Crippen LogP contribution in [0.15, 0.2) is 65.5 Å². The first-order chi connectivity index (χ1) is 30.5. The summed E-state index contributed by atoms with van der Waals surface area (Å²) >= 11 is 0. The Morgan fingerprint density at radius 1 is 0.762 bits per heavy atom. The molecule has 4 amide bonds. The number of carbonyl (C=O) groups is 4. The smallest absolute Gasteiger partial charge is 0.272 e. The highest BCUT2D eigenvalue weighted by molar-refractivity contribution is 5.98. The number of aryl methyl sites for hydroxylation is 1. The summed E-state index contributed by atoms with van der Waals surface area (Å²) in [6.45, 7) is 5.71. The molecule has 334 valence electrons. The van der Waals surface area contributed by atoms with Gasteiger partial charge in [0.25, 0.3) is 17.4 Å². The molecule has 13 nitrogen and oxygen atoms in total. The number of fused-ring (bicyclic) bond motifs is 1. The number of amides is 4. The van der Waals surface area contributed by atoms with E-state index in [1.807, 2.05) is 17.0 Å². The Morgan fingerprint density at radius 3 is 2.14 bits per heavy atom. The average Bonchev–Trinajstić information content (AvgIpc) is 3.31. The quantitative estimate of drug-likeness (QED) is 0.208. The second-order valence-corrected chi connectivity index (χ2v) is 17.6. The fourth-order valence-electron chi connectivity index (χ4n) is 9.74. The molecule has 4 aliphatic rings. The van der Waals surface area contributed by atoms with Gasteiger partial charge in [0.05, 0.1) is 41.0 Å². The Bertz CT molecular complexity index is 2360. The fourth-order valence-corrected chi connectivity index (χ4v) is 9.74. The van der Waals surface area contributed by atoms with E-state index in [9.17, 15) is 28.4 Å². The van der Waals surface area contributed by atoms with Crippen LogP contribution in [0.25, 0.3) is 10.8 Å². The van der Waals surface area contributed by atoms with E-state index in [1.165, 1.54) is 12.1 Å². The number of nitrogens with one attached hydrogen (secondary N) is 2. The predicted octanol–water partition coefficient (Wildman–Crippen LogP) is 5.24. The molecule has 1 unspecified atom stereocenters. The van der Waals surface area contributed by atoms with Crippen LogP contribution in [0.1, 0.15) is 95.3 Å². The molecule has 4 heterocycles. The molecule has 1 atom stereocenters. The van der Waals surface area contributed by atoms with Crippen LogP contribution in [0.4, 0.5) is 8.78 Å². The van der Waals surface area contributed by atoms with Crippen molar-refractivity contribution >= 4 is 34.4 Å². The topological polar surface area (TPSA) is 148 Å². The molecule has 1 saturated carbocycles. The van der Waals surface area contributed by atoms with Gasteiger partial charge < -0.3 is 24.8 Å². The normalized spacial score (nSPS) is 19.0. The maximum Gasteiger partial charge on any atom is 0.272 e. The third kappa shape index (κ3) is 10.3. The molecule has 3 saturated heterocycles. The Morgan fingerprint density at radius 2 is 1.43 bits per heavy atom. The second kappa shape index (κ2) is 19.9. The number of piperidine rings is 2. The number of hydrogen-bond donors (Lipinski definition) is 2. The number of carbonyl (C=O) groups excluding carboxylic acids is 4. The van der Waals surface area contributed by atoms with Crippen LogP contribution >= 0.6 is 0 Å². The summed E-state index contributed by atoms with van der Waals surface area (Å²) in [5, 5.41) is 10.9. The van der Waals surface area contributed by atoms with Gasteiger partial charge in [-0.1, -0.05) is 55.7 Å². The Labute approximate surface area is 366 Å². The number of hydrogen-bond acceptors (Lipinski definition) is 8. The number of likely N-dealkylation sites (tertiary alicyclic amines) is 2. The van der Waals surface area contributed by atoms with Gasteiger partial charge >= 0.3 is 0 Å². The van der Waals surface area contributed by atoms with E-state index in [4.69, 9.17) is 4.74 Å². The second-order valence-electron chi connectivity index (χ2n) is 17.6. The van der Waals surface area contributed by atoms with Gasteiger partial charge in [0.1, 0.15) is 17.7 Å². The molecule has 3 aromatic carbocycles. The van der Waals surface area contributed by atoms with Crippen molar-refractivity contribution in [1.82, 2.24) is 35.1 Å². The Kier molecular flexibility index (Phi) is 13.9. The highest BCUT2D eigenvalue weighted by Gasteiger charge is 2.37. The van der Waals surface area contributed by atoms with Crippen molar-refractivity contribution in [3.05, 3.63) is 111 Å². The van der Waals surface area contributed by atoms with Crippen LogP contribution in [0.3, 0.4) is 0 Å². The summed E-state index contributed by atoms with van der Waals surface area (Å²) in [5.74, 6) is -2.23. The number of halogens is 2. The number of benzene rings is 3. The first-order valence-corrected chi connectivity index (χ1v) is 22.6. The van der Waals surface area contributed by atoms with Gasteiger partial charge in [-0.05, 0) is 86.8 Å². The number of H-pyrrole nitrogens is 1. The van der Waals surface area contributed by atoms with Crippen LogP contribution in [0, 0.1) is 24.5 Å². The van der Waals surface area contributed by atoms with Gasteiger partial charge in [-0.15, -0.1) is 0 Å². The lowest BCUT2D eigenvalue weighted by Gasteiger charge is -2.40. The Hall–Kier alpha value is -5.54. The predicted molar refractivity (Wildman–Crippen MR) is 233 cm³/mol. The van der Waals surface area contributed by atoms with Crippen LogP contribution in [-0.2, 0) is 20.7 Å². The van der Waals surface area contributed by atoms with Gasteiger partial charge in [-0.3, -0.25) is 28.9 Å². The van der Waals surface area contributed by atoms with E-state index in [-0.39, 0.29) is 53.2 Å². The van der Waals surface area contributed by atoms with E-state index in [1.54, 1.807) is 53.1 Å². The minimum atomic E-state index is -0.692. The van der Waals surface area contributed by atoms with Crippen LogP contribution in [0.2, 0.25) is 0 Å². The summed E-state index contributed by atoms with van der Waals surface area (Å²) in [4.78, 5) is 73.7. The molecule has 2 N–H and O–H groups in total. The molecular weight excluding hydrogens is 809 g/mol. The van der Waals surface area contributed by atoms with E-state index in [2.05, 4.69) is 20.4 Å². The standard InChI is InChI=1S/C48H57F2N7O6/c1-31-8-7-13-38(43(31)50)45(59)51-44(33-9-3-2-4-10-33)48(62)56-22-18-35(19-23-56)63-34-16-20-54(21-17-34)30-42(58)55-24-26-57(27-25-55)47(61)39-28-32(14-15-40(39)49)29-41-36-11-5-6-12-37(36)46(60)53-52-41/h5-8,11-15,28,33-35,44H,2-4,9-10,16-27,29-30H2,1H3,(H,51,59)(H,53,60). The van der Waals surface area contributed by atoms with Crippen molar-refractivity contribution in [3.63, 3.8) is 0 Å². The number of rotatable bonds is 11. The van der Waals surface area contributed by atoms with Crippen molar-refractivity contribution < 1.29 is 32.7 Å². The molecule has 0 bridgehead atoms. The van der Waals surface area contributed by atoms with Crippen molar-refractivity contribution in [2.24, 2.45) is 5.92 Å². The molecule has 4 fully saturated rings. The SMILES string of the molecule is Cc1cccc(C(=O)NC(C(=O)N2CCC(OC3CCN(CC(=O)N4CCN(C(=O)c5cc(Cc6n[nH]c(=O)c7ccccc67)ccc5F)CC4)CC3)CC2)C2CCCCC2)c1F. The highest BCUT2D eigenvalue weighted by atomic mass is 19.1. The molecular formula is C48H57F2N7O6. The first-order valence-electron chi connectivity index (χ1n) is 22.6. The molecule has 4 aromatic rings. The van der Waals surface area contributed by atoms with Gasteiger partial charge in [-0.2, -0.15) is 5.10 Å². The summed E-state index contributed by atoms with van der Waals surface area (Å²) in [6.07, 6.45) is 8.17. The van der Waals surface area contributed by atoms with Gasteiger partial charge in [0.2, 0.25) is 11.8 Å². The molecule has 0 radical (unpaired) electrons. The first kappa shape index (κ1) is 44.1. The fraction of sp³-hybridized carbons (Fsp3) is 0.500. The molecule has 15 heteroatoms. The number of nitrogens with zero attached hydrogens (tertiary/aromatic N) is 5. The molecule has 1 aliphatic carbocycles. The maximum atomic E-state index is 15.0. The van der Waals surface area contributed by atoms with Crippen molar-refractivity contribution in [2.45, 2.75) is 89.4 Å². The summed E-state index contributed by atoms with van der Waals surface area (Å²) in [5.41, 5.74) is 1.33. The molecule has 8 rings (SSSR count). The van der Waals surface area contributed by atoms with Gasteiger partial charge in [0.15, 0.2) is 0 Å². The average molecular weight is 866 g/mol. The minimum Gasteiger partial charge on any atom is -0.375 e. The number of aromatic amines is 1. The molecule has 1 aromatic heterocycles. The lowest BCUT2D eigenvalue weighted by molar-refractivity contribution is -0.140. The van der Waals surface area contributed by atoms with E-state index >= 15 is 4.39 Å². The van der Waals surface area contributed by atoms with Crippen molar-refractivity contribution in [2.75, 3.05) is 58.9 Å². The molecule has 3 aliphatic heterocycles. The van der Waals surface area contributed by atoms with E-state index in [0.717, 1.165) is 58.0 Å². The third-order valence-corrected chi connectivity index (χ3v) is 13.5. The summed E-state index contributed by atoms with van der Waals surface area (Å²) in [6, 6.07) is 15.6. The number of piperazine rings is 1. The van der Waals surface area contributed by atoms with Gasteiger partial charge in [0, 0.05) is 64.2 Å². The summed E-state index contributed by atoms with van der Waals surface area (Å²) in [7, 11) is 0. The monoisotopic (exact) mass is 865 g/mol. The van der Waals surface area contributed by atoms with Crippen molar-refractivity contribution in [1.29, 1.82) is 0 Å². The van der Waals surface area contributed by atoms with E-state index in [0.29, 0.717) is 86.1 Å². The minimum absolute atomic E-state index is 0.000879. The largest absolute Gasteiger partial charge is 0.375 e. The zero-order valence-corrected chi connectivity index (χ0v) is 36.0. The zero-order valence-electron chi connectivity index (χ0n) is 36.0. The molecule has 0 spiro atoms. The Balaban J connectivity index is 0.765. The summed E-state index contributed by atoms with van der Waals surface area (Å²) < 4.78 is 36.4. The van der Waals surface area contributed by atoms with E-state index < -0.39 is 29.5 Å². The lowest BCUT2D eigenvalue weighted by atomic mass is 9.83. The number of ether oxygens (including phenoxy) is 1. The van der Waals surface area contributed by atoms with Gasteiger partial charge in [-0.25, -0.2) is 13.9 Å². The van der Waals surface area contributed by atoms with Crippen LogP contribution < -0.4 is 10.9 Å². The maximum absolute atomic E-state index is 15.0. The zero-order chi connectivity index (χ0) is 44.0. The van der Waals surface area contributed by atoms with Crippen LogP contribution in [-0.4, -0.2) is 131 Å². The highest BCUT2D eigenvalue weighted by Crippen LogP contribution is 2.30. The van der Waals surface area contributed by atoms with Crippen molar-refractivity contribution in [3.8, 4) is 0 Å². The van der Waals surface area contributed by atoms with Crippen LogP contribution in [0.5, 0.6) is 0 Å². The number of aromatic nitrogens is 2. The molecule has 63 heavy (non-hydrogen) atoms. The lowest BCUT2D eigenvalue weighted by Crippen LogP contribution is -2.55.